The van der Waals surface area contributed by atoms with E-state index in [0.29, 0.717) is 12.2 Å². The maximum absolute atomic E-state index is 11.0. The number of ether oxygens (including phenoxy) is 1. The molecule has 0 atom stereocenters. The molecule has 0 radical (unpaired) electrons. The second-order valence-electron chi connectivity index (χ2n) is 9.16. The highest BCUT2D eigenvalue weighted by atomic mass is 16.7. The molecule has 34 heavy (non-hydrogen) atoms. The van der Waals surface area contributed by atoms with Gasteiger partial charge < -0.3 is 9.84 Å². The third kappa shape index (κ3) is 6.43. The lowest BCUT2D eigenvalue weighted by molar-refractivity contribution is 0.144. The van der Waals surface area contributed by atoms with Gasteiger partial charge in [-0.3, -0.25) is 4.98 Å². The van der Waals surface area contributed by atoms with Crippen LogP contribution in [0.25, 0.3) is 11.3 Å². The summed E-state index contributed by atoms with van der Waals surface area (Å²) in [7, 11) is 0. The minimum Gasteiger partial charge on any atom is -0.449 e. The van der Waals surface area contributed by atoms with Crippen LogP contribution in [0.3, 0.4) is 0 Å². The summed E-state index contributed by atoms with van der Waals surface area (Å²) < 4.78 is 6.94. The lowest BCUT2D eigenvalue weighted by atomic mass is 9.86. The van der Waals surface area contributed by atoms with Gasteiger partial charge in [0.25, 0.3) is 0 Å². The average Bonchev–Trinajstić information content (AvgIpc) is 3.24. The van der Waals surface area contributed by atoms with Crippen molar-refractivity contribution in [1.82, 2.24) is 19.7 Å². The van der Waals surface area contributed by atoms with Crippen LogP contribution in [0.2, 0.25) is 0 Å². The first-order valence-electron chi connectivity index (χ1n) is 12.5. The second kappa shape index (κ2) is 11.8. The van der Waals surface area contributed by atoms with Gasteiger partial charge in [-0.25, -0.2) is 14.5 Å². The third-order valence-electron chi connectivity index (χ3n) is 6.57. The molecule has 3 aromatic rings. The van der Waals surface area contributed by atoms with Crippen molar-refractivity contribution >= 4 is 6.16 Å². The highest BCUT2D eigenvalue weighted by Crippen LogP contribution is 2.29. The van der Waals surface area contributed by atoms with Crippen molar-refractivity contribution in [3.8, 4) is 17.0 Å². The quantitative estimate of drug-likeness (QED) is 0.356. The number of unbranched alkanes of at least 4 members (excludes halogenated alkanes) is 1. The van der Waals surface area contributed by atoms with Crippen LogP contribution in [0.15, 0.2) is 42.6 Å². The predicted octanol–water partition coefficient (Wildman–Crippen LogP) is 6.30. The van der Waals surface area contributed by atoms with Crippen molar-refractivity contribution in [2.24, 2.45) is 5.92 Å². The molecular weight excluding hydrogens is 428 g/mol. The molecule has 1 aromatic carbocycles. The van der Waals surface area contributed by atoms with E-state index in [1.54, 1.807) is 18.3 Å². The Morgan fingerprint density at radius 3 is 2.65 bits per heavy atom. The molecule has 1 N–H and O–H groups in total. The van der Waals surface area contributed by atoms with E-state index in [1.165, 1.54) is 38.5 Å². The van der Waals surface area contributed by atoms with Crippen LogP contribution >= 0.6 is 0 Å². The van der Waals surface area contributed by atoms with Gasteiger partial charge >= 0.3 is 6.16 Å². The maximum Gasteiger partial charge on any atom is 0.511 e. The zero-order valence-electron chi connectivity index (χ0n) is 19.9. The lowest BCUT2D eigenvalue weighted by Crippen LogP contribution is -2.08. The topological polar surface area (TPSA) is 90.1 Å². The van der Waals surface area contributed by atoms with Gasteiger partial charge in [0.1, 0.15) is 11.5 Å². The molecular formula is C27H34N4O3. The maximum atomic E-state index is 11.0. The van der Waals surface area contributed by atoms with Gasteiger partial charge in [-0.1, -0.05) is 69.7 Å². The summed E-state index contributed by atoms with van der Waals surface area (Å²) >= 11 is 0. The third-order valence-corrected chi connectivity index (χ3v) is 6.57. The Morgan fingerprint density at radius 2 is 1.91 bits per heavy atom. The smallest absolute Gasteiger partial charge is 0.449 e. The predicted molar refractivity (Wildman–Crippen MR) is 131 cm³/mol. The summed E-state index contributed by atoms with van der Waals surface area (Å²) in [5.74, 6) is 3.08. The number of rotatable bonds is 10. The van der Waals surface area contributed by atoms with E-state index in [-0.39, 0.29) is 5.75 Å². The van der Waals surface area contributed by atoms with E-state index in [9.17, 15) is 4.79 Å². The fourth-order valence-electron chi connectivity index (χ4n) is 4.71. The Bertz CT molecular complexity index is 1070. The Hall–Kier alpha value is -3.22. The molecule has 0 saturated heterocycles. The van der Waals surface area contributed by atoms with Gasteiger partial charge in [-0.05, 0) is 36.5 Å². The number of carboxylic acid groups (broad SMARTS) is 1. The van der Waals surface area contributed by atoms with Crippen LogP contribution in [0.4, 0.5) is 4.79 Å². The highest BCUT2D eigenvalue weighted by molar-refractivity contribution is 5.71. The van der Waals surface area contributed by atoms with Crippen molar-refractivity contribution in [1.29, 1.82) is 0 Å². The standard InChI is InChI=1S/C27H34N4O3/c1-2-3-11-25-29-24(17-14-20-8-5-4-6-9-20)30-31(25)19-21-12-15-22(16-13-21)26-23(34-27(32)33)10-7-18-28-26/h7,10,12-13,15-16,18,20H,2-6,8-9,11,14,17,19H2,1H3,(H,32,33). The summed E-state index contributed by atoms with van der Waals surface area (Å²) in [6.07, 6.45) is 12.4. The van der Waals surface area contributed by atoms with Gasteiger partial charge in [0.2, 0.25) is 0 Å². The molecule has 0 spiro atoms. The first kappa shape index (κ1) is 23.9. The minimum atomic E-state index is -1.35. The van der Waals surface area contributed by atoms with E-state index in [2.05, 4.69) is 16.6 Å². The Balaban J connectivity index is 1.47. The molecule has 0 bridgehead atoms. The molecule has 2 heterocycles. The molecule has 0 unspecified atom stereocenters. The fraction of sp³-hybridized carbons (Fsp3) is 0.481. The van der Waals surface area contributed by atoms with Crippen molar-refractivity contribution in [2.75, 3.05) is 0 Å². The van der Waals surface area contributed by atoms with Crippen molar-refractivity contribution in [2.45, 2.75) is 77.7 Å². The number of benzene rings is 1. The van der Waals surface area contributed by atoms with Gasteiger partial charge in [-0.2, -0.15) is 5.10 Å². The molecule has 7 nitrogen and oxygen atoms in total. The SMILES string of the molecule is CCCCc1nc(CCC2CCCCC2)nn1Cc1ccc(-c2ncccc2OC(=O)O)cc1. The number of pyridine rings is 1. The Labute approximate surface area is 201 Å². The van der Waals surface area contributed by atoms with Crippen LogP contribution < -0.4 is 4.74 Å². The molecule has 1 aliphatic rings. The summed E-state index contributed by atoms with van der Waals surface area (Å²) in [5.41, 5.74) is 2.42. The minimum absolute atomic E-state index is 0.225. The van der Waals surface area contributed by atoms with Crippen molar-refractivity contribution in [3.05, 3.63) is 59.8 Å². The number of aryl methyl sites for hydroxylation is 2. The number of hydrogen-bond donors (Lipinski definition) is 1. The molecule has 1 saturated carbocycles. The van der Waals surface area contributed by atoms with Crippen LogP contribution in [-0.2, 0) is 19.4 Å². The molecule has 7 heteroatoms. The Kier molecular flexibility index (Phi) is 8.28. The van der Waals surface area contributed by atoms with Gasteiger partial charge in [0, 0.05) is 24.6 Å². The lowest BCUT2D eigenvalue weighted by Gasteiger charge is -2.20. The molecule has 1 aliphatic carbocycles. The average molecular weight is 463 g/mol. The van der Waals surface area contributed by atoms with E-state index in [4.69, 9.17) is 19.9 Å². The first-order chi connectivity index (χ1) is 16.6. The number of hydrogen-bond acceptors (Lipinski definition) is 5. The van der Waals surface area contributed by atoms with E-state index < -0.39 is 6.16 Å². The molecule has 0 aliphatic heterocycles. The summed E-state index contributed by atoms with van der Waals surface area (Å²) in [4.78, 5) is 20.2. The largest absolute Gasteiger partial charge is 0.511 e. The number of nitrogens with zero attached hydrogens (tertiary/aromatic N) is 4. The summed E-state index contributed by atoms with van der Waals surface area (Å²) in [6.45, 7) is 2.86. The van der Waals surface area contributed by atoms with E-state index in [0.717, 1.165) is 54.4 Å². The van der Waals surface area contributed by atoms with Crippen molar-refractivity contribution < 1.29 is 14.6 Å². The van der Waals surface area contributed by atoms with Crippen LogP contribution in [0.5, 0.6) is 5.75 Å². The van der Waals surface area contributed by atoms with Crippen LogP contribution in [0.1, 0.15) is 75.5 Å². The van der Waals surface area contributed by atoms with Crippen LogP contribution in [0, 0.1) is 5.92 Å². The van der Waals surface area contributed by atoms with E-state index >= 15 is 0 Å². The van der Waals surface area contributed by atoms with Crippen LogP contribution in [-0.4, -0.2) is 31.0 Å². The monoisotopic (exact) mass is 462 g/mol. The fourth-order valence-corrected chi connectivity index (χ4v) is 4.71. The molecule has 1 fully saturated rings. The first-order valence-corrected chi connectivity index (χ1v) is 12.5. The molecule has 4 rings (SSSR count). The van der Waals surface area contributed by atoms with Gasteiger partial charge in [-0.15, -0.1) is 0 Å². The highest BCUT2D eigenvalue weighted by Gasteiger charge is 2.16. The Morgan fingerprint density at radius 1 is 1.12 bits per heavy atom. The van der Waals surface area contributed by atoms with E-state index in [1.807, 2.05) is 24.3 Å². The number of aromatic nitrogens is 4. The van der Waals surface area contributed by atoms with Gasteiger partial charge in [0.15, 0.2) is 11.6 Å². The summed E-state index contributed by atoms with van der Waals surface area (Å²) in [5, 5.41) is 13.9. The zero-order chi connectivity index (χ0) is 23.8. The summed E-state index contributed by atoms with van der Waals surface area (Å²) in [6, 6.07) is 11.2. The number of carbonyl (C=O) groups is 1. The normalized spacial score (nSPS) is 14.3. The molecule has 180 valence electrons. The zero-order valence-corrected chi connectivity index (χ0v) is 19.9. The van der Waals surface area contributed by atoms with Gasteiger partial charge in [0.05, 0.1) is 6.54 Å². The second-order valence-corrected chi connectivity index (χ2v) is 9.16. The molecule has 2 aromatic heterocycles. The molecule has 0 amide bonds. The van der Waals surface area contributed by atoms with Crippen molar-refractivity contribution in [3.63, 3.8) is 0 Å².